The van der Waals surface area contributed by atoms with Gasteiger partial charge in [0.05, 0.1) is 8.07 Å². The maximum absolute atomic E-state index is 6.30. The standard InChI is InChI=1S/C16H38O2SSi2/c1-8-10-12-17-20(18-13-11-9-2)16(19,14-15(3)4)21(5,6)7/h15,19-20H,8-14H2,1-7H3/t16-/m1/s1. The van der Waals surface area contributed by atoms with Crippen LogP contribution in [0.1, 0.15) is 59.8 Å². The predicted octanol–water partition coefficient (Wildman–Crippen LogP) is 4.97. The van der Waals surface area contributed by atoms with Crippen molar-refractivity contribution >= 4 is 30.0 Å². The lowest BCUT2D eigenvalue weighted by atomic mass is 10.2. The summed E-state index contributed by atoms with van der Waals surface area (Å²) in [6, 6.07) is 0. The molecule has 0 N–H and O–H groups in total. The molecule has 0 radical (unpaired) electrons. The quantitative estimate of drug-likeness (QED) is 0.304. The van der Waals surface area contributed by atoms with Gasteiger partial charge >= 0.3 is 9.28 Å². The predicted molar refractivity (Wildman–Crippen MR) is 103 cm³/mol. The topological polar surface area (TPSA) is 18.5 Å². The monoisotopic (exact) mass is 350 g/mol. The minimum atomic E-state index is -1.78. The molecule has 0 aromatic carbocycles. The highest BCUT2D eigenvalue weighted by atomic mass is 32.1. The van der Waals surface area contributed by atoms with Crippen LogP contribution in [0.4, 0.5) is 0 Å². The van der Waals surface area contributed by atoms with Gasteiger partial charge in [-0.15, -0.1) is 0 Å². The highest BCUT2D eigenvalue weighted by Gasteiger charge is 2.50. The van der Waals surface area contributed by atoms with Crippen molar-refractivity contribution < 1.29 is 8.85 Å². The Morgan fingerprint density at radius 2 is 1.43 bits per heavy atom. The van der Waals surface area contributed by atoms with Crippen molar-refractivity contribution in [1.29, 1.82) is 0 Å². The molecular formula is C16H38O2SSi2. The molecule has 0 aromatic heterocycles. The van der Waals surface area contributed by atoms with Crippen LogP contribution in [0.5, 0.6) is 0 Å². The fourth-order valence-electron chi connectivity index (χ4n) is 2.37. The lowest BCUT2D eigenvalue weighted by Crippen LogP contribution is -2.61. The summed E-state index contributed by atoms with van der Waals surface area (Å²) in [5.74, 6) is 0.633. The zero-order chi connectivity index (χ0) is 16.5. The third kappa shape index (κ3) is 7.68. The zero-order valence-corrected chi connectivity index (χ0v) is 18.4. The van der Waals surface area contributed by atoms with Crippen LogP contribution in [0.15, 0.2) is 0 Å². The van der Waals surface area contributed by atoms with Crippen LogP contribution in [0.2, 0.25) is 19.6 Å². The number of hydrogen-bond acceptors (Lipinski definition) is 3. The van der Waals surface area contributed by atoms with E-state index in [1.54, 1.807) is 0 Å². The van der Waals surface area contributed by atoms with Crippen molar-refractivity contribution in [3.05, 3.63) is 0 Å². The van der Waals surface area contributed by atoms with Gasteiger partial charge in [-0.3, -0.25) is 0 Å². The Bertz CT molecular complexity index is 259. The molecule has 21 heavy (non-hydrogen) atoms. The maximum Gasteiger partial charge on any atom is 0.334 e. The van der Waals surface area contributed by atoms with Crippen molar-refractivity contribution in [3.8, 4) is 0 Å². The second-order valence-corrected chi connectivity index (χ2v) is 17.5. The molecule has 2 nitrogen and oxygen atoms in total. The van der Waals surface area contributed by atoms with E-state index in [1.807, 2.05) is 0 Å². The van der Waals surface area contributed by atoms with Crippen LogP contribution >= 0.6 is 12.6 Å². The molecule has 0 saturated carbocycles. The molecule has 0 unspecified atom stereocenters. The maximum atomic E-state index is 6.30. The molecule has 128 valence electrons. The largest absolute Gasteiger partial charge is 0.396 e. The lowest BCUT2D eigenvalue weighted by Gasteiger charge is -2.44. The molecule has 0 bridgehead atoms. The Kier molecular flexibility index (Phi) is 10.8. The number of rotatable bonds is 12. The van der Waals surface area contributed by atoms with Crippen molar-refractivity contribution in [1.82, 2.24) is 0 Å². The van der Waals surface area contributed by atoms with Crippen LogP contribution in [0, 0.1) is 5.92 Å². The van der Waals surface area contributed by atoms with Crippen LogP contribution < -0.4 is 0 Å². The fourth-order valence-corrected chi connectivity index (χ4v) is 9.61. The first-order valence-electron chi connectivity index (χ1n) is 8.64. The third-order valence-corrected chi connectivity index (χ3v) is 15.0. The summed E-state index contributed by atoms with van der Waals surface area (Å²) in [7, 11) is -3.26. The van der Waals surface area contributed by atoms with Gasteiger partial charge in [-0.05, 0) is 25.2 Å². The first-order chi connectivity index (χ1) is 9.69. The number of unbranched alkanes of at least 4 members (excludes halogenated alkanes) is 2. The second-order valence-electron chi connectivity index (χ2n) is 7.55. The van der Waals surface area contributed by atoms with Gasteiger partial charge in [0.1, 0.15) is 0 Å². The van der Waals surface area contributed by atoms with E-state index in [4.69, 9.17) is 21.5 Å². The van der Waals surface area contributed by atoms with Crippen molar-refractivity contribution in [2.75, 3.05) is 13.2 Å². The van der Waals surface area contributed by atoms with Gasteiger partial charge in [0.25, 0.3) is 0 Å². The summed E-state index contributed by atoms with van der Waals surface area (Å²) in [4.78, 5) is 0. The first kappa shape index (κ1) is 21.7. The SMILES string of the molecule is CCCCO[SiH](OCCCC)[C@](S)(CC(C)C)[Si](C)(C)C. The molecule has 0 aliphatic heterocycles. The summed E-state index contributed by atoms with van der Waals surface area (Å²) in [6.07, 6.45) is 5.70. The molecule has 5 heteroatoms. The van der Waals surface area contributed by atoms with Crippen LogP contribution in [-0.4, -0.2) is 34.6 Å². The molecule has 0 rings (SSSR count). The minimum Gasteiger partial charge on any atom is -0.396 e. The summed E-state index contributed by atoms with van der Waals surface area (Å²) >= 11 is 5.21. The number of thiol groups is 1. The van der Waals surface area contributed by atoms with Crippen molar-refractivity contribution in [3.63, 3.8) is 0 Å². The smallest absolute Gasteiger partial charge is 0.334 e. The van der Waals surface area contributed by atoms with Gasteiger partial charge in [-0.25, -0.2) is 0 Å². The van der Waals surface area contributed by atoms with Crippen LogP contribution in [-0.2, 0) is 8.85 Å². The van der Waals surface area contributed by atoms with E-state index >= 15 is 0 Å². The summed E-state index contributed by atoms with van der Waals surface area (Å²) in [5.41, 5.74) is 0. The molecule has 1 atom stereocenters. The Balaban J connectivity index is 5.04. The van der Waals surface area contributed by atoms with E-state index in [0.717, 1.165) is 32.5 Å². The molecule has 0 aromatic rings. The van der Waals surface area contributed by atoms with Gasteiger partial charge < -0.3 is 8.85 Å². The zero-order valence-electron chi connectivity index (χ0n) is 15.4. The summed E-state index contributed by atoms with van der Waals surface area (Å²) in [5, 5.41) is 0. The molecule has 0 heterocycles. The Hall–Kier alpha value is 0.704. The highest BCUT2D eigenvalue weighted by molar-refractivity contribution is 7.86. The van der Waals surface area contributed by atoms with E-state index < -0.39 is 17.4 Å². The number of hydrogen-bond donors (Lipinski definition) is 1. The Labute approximate surface area is 141 Å². The van der Waals surface area contributed by atoms with E-state index in [0.29, 0.717) is 5.92 Å². The fraction of sp³-hybridized carbons (Fsp3) is 1.00. The van der Waals surface area contributed by atoms with Gasteiger partial charge in [-0.2, -0.15) is 12.6 Å². The summed E-state index contributed by atoms with van der Waals surface area (Å²) < 4.78 is 12.6. The first-order valence-corrected chi connectivity index (χ1v) is 14.1. The average Bonchev–Trinajstić information content (AvgIpc) is 2.35. The van der Waals surface area contributed by atoms with E-state index in [-0.39, 0.29) is 3.99 Å². The Morgan fingerprint density at radius 1 is 1.00 bits per heavy atom. The normalized spacial score (nSPS) is 15.7. The van der Waals surface area contributed by atoms with E-state index in [2.05, 4.69) is 47.3 Å². The van der Waals surface area contributed by atoms with Crippen molar-refractivity contribution in [2.45, 2.75) is 83.4 Å². The second kappa shape index (κ2) is 10.5. The van der Waals surface area contributed by atoms with E-state index in [9.17, 15) is 0 Å². The highest BCUT2D eigenvalue weighted by Crippen LogP contribution is 2.37. The van der Waals surface area contributed by atoms with Gasteiger partial charge in [-0.1, -0.05) is 60.2 Å². The molecule has 0 aliphatic carbocycles. The third-order valence-electron chi connectivity index (χ3n) is 3.94. The van der Waals surface area contributed by atoms with Gasteiger partial charge in [0, 0.05) is 17.2 Å². The summed E-state index contributed by atoms with van der Waals surface area (Å²) in [6.45, 7) is 17.9. The molecule has 0 amide bonds. The average molecular weight is 351 g/mol. The van der Waals surface area contributed by atoms with Crippen LogP contribution in [0.3, 0.4) is 0 Å². The van der Waals surface area contributed by atoms with Crippen molar-refractivity contribution in [2.24, 2.45) is 5.92 Å². The van der Waals surface area contributed by atoms with E-state index in [1.165, 1.54) is 12.8 Å². The van der Waals surface area contributed by atoms with Gasteiger partial charge in [0.2, 0.25) is 0 Å². The lowest BCUT2D eigenvalue weighted by molar-refractivity contribution is 0.183. The molecule has 0 spiro atoms. The van der Waals surface area contributed by atoms with Gasteiger partial charge in [0.15, 0.2) is 0 Å². The van der Waals surface area contributed by atoms with Crippen LogP contribution in [0.25, 0.3) is 0 Å². The molecular weight excluding hydrogens is 312 g/mol. The minimum absolute atomic E-state index is 0.00263. The molecule has 0 aliphatic rings. The molecule has 0 saturated heterocycles. The molecule has 0 fully saturated rings. The Morgan fingerprint density at radius 3 is 1.71 bits per heavy atom.